The molecule has 11 heavy (non-hydrogen) atoms. The number of fused-ring (bicyclic) bond motifs is 5. The summed E-state index contributed by atoms with van der Waals surface area (Å²) in [5.74, 6) is 2.52. The van der Waals surface area contributed by atoms with Gasteiger partial charge in [-0.2, -0.15) is 5.10 Å². The summed E-state index contributed by atoms with van der Waals surface area (Å²) in [4.78, 5) is 0. The van der Waals surface area contributed by atoms with Crippen LogP contribution in [0.4, 0.5) is 0 Å². The molecular weight excluding hydrogens is 136 g/mol. The van der Waals surface area contributed by atoms with Crippen LogP contribution in [-0.2, 0) is 0 Å². The Hall–Kier alpha value is -0.790. The smallest absolute Gasteiger partial charge is 0.0321 e. The van der Waals surface area contributed by atoms with Gasteiger partial charge in [0.15, 0.2) is 0 Å². The van der Waals surface area contributed by atoms with Crippen LogP contribution < -0.4 is 5.43 Å². The third kappa shape index (κ3) is 0.647. The number of hydrazone groups is 1. The van der Waals surface area contributed by atoms with Gasteiger partial charge in [0.05, 0.1) is 0 Å². The fraction of sp³-hybridized carbons (Fsp3) is 0.667. The number of nitrogens with zero attached hydrogens (tertiary/aromatic N) is 1. The number of hydrogen-bond acceptors (Lipinski definition) is 2. The summed E-state index contributed by atoms with van der Waals surface area (Å²) in [7, 11) is 0. The Kier molecular flexibility index (Phi) is 0.989. The van der Waals surface area contributed by atoms with Crippen molar-refractivity contribution in [3.63, 3.8) is 0 Å². The lowest BCUT2D eigenvalue weighted by Crippen LogP contribution is -2.21. The van der Waals surface area contributed by atoms with Gasteiger partial charge in [-0.1, -0.05) is 0 Å². The van der Waals surface area contributed by atoms with Crippen LogP contribution in [0.2, 0.25) is 0 Å². The molecule has 2 saturated carbocycles. The van der Waals surface area contributed by atoms with Crippen LogP contribution in [0.5, 0.6) is 0 Å². The Balaban J connectivity index is 2.02. The minimum Gasteiger partial charge on any atom is -0.286 e. The first-order valence-corrected chi connectivity index (χ1v) is 4.44. The minimum atomic E-state index is 0.704. The summed E-state index contributed by atoms with van der Waals surface area (Å²) in [6, 6.07) is 0. The predicted octanol–water partition coefficient (Wildman–Crippen LogP) is 1.51. The second kappa shape index (κ2) is 1.87. The molecule has 2 nitrogen and oxygen atoms in total. The molecule has 58 valence electrons. The van der Waals surface area contributed by atoms with Crippen LogP contribution in [0, 0.1) is 17.8 Å². The van der Waals surface area contributed by atoms with E-state index in [1.165, 1.54) is 19.3 Å². The van der Waals surface area contributed by atoms with E-state index in [0.717, 1.165) is 11.8 Å². The van der Waals surface area contributed by atoms with Crippen molar-refractivity contribution in [1.29, 1.82) is 0 Å². The SMILES string of the molecule is C1=NNC=C2C3CCC(C3)C12. The average molecular weight is 148 g/mol. The molecule has 2 aliphatic carbocycles. The second-order valence-electron chi connectivity index (χ2n) is 3.85. The van der Waals surface area contributed by atoms with Gasteiger partial charge in [0, 0.05) is 18.3 Å². The lowest BCUT2D eigenvalue weighted by molar-refractivity contribution is 0.489. The summed E-state index contributed by atoms with van der Waals surface area (Å²) in [5, 5.41) is 4.09. The standard InChI is InChI=1S/C9H12N2/c1-2-7-3-6(1)8-4-10-11-5-9(7)8/h4-8,11H,1-3H2. The van der Waals surface area contributed by atoms with Gasteiger partial charge in [-0.25, -0.2) is 0 Å². The summed E-state index contributed by atoms with van der Waals surface area (Å²) in [6.45, 7) is 0. The van der Waals surface area contributed by atoms with E-state index in [1.807, 2.05) is 0 Å². The van der Waals surface area contributed by atoms with Crippen molar-refractivity contribution >= 4 is 6.21 Å². The molecule has 0 amide bonds. The van der Waals surface area contributed by atoms with E-state index in [1.54, 1.807) is 5.57 Å². The van der Waals surface area contributed by atoms with E-state index in [4.69, 9.17) is 0 Å². The molecule has 0 aromatic rings. The van der Waals surface area contributed by atoms with E-state index < -0.39 is 0 Å². The highest BCUT2D eigenvalue weighted by molar-refractivity contribution is 5.68. The van der Waals surface area contributed by atoms with Gasteiger partial charge in [0.1, 0.15) is 0 Å². The molecule has 1 heterocycles. The zero-order valence-corrected chi connectivity index (χ0v) is 6.46. The highest BCUT2D eigenvalue weighted by Crippen LogP contribution is 2.51. The number of allylic oxidation sites excluding steroid dienone is 1. The van der Waals surface area contributed by atoms with Crippen LogP contribution in [0.25, 0.3) is 0 Å². The number of nitrogens with one attached hydrogen (secondary N) is 1. The normalized spacial score (nSPS) is 45.1. The Morgan fingerprint density at radius 2 is 2.45 bits per heavy atom. The van der Waals surface area contributed by atoms with Crippen LogP contribution in [0.1, 0.15) is 19.3 Å². The van der Waals surface area contributed by atoms with Gasteiger partial charge in [-0.3, -0.25) is 5.43 Å². The average Bonchev–Trinajstić information content (AvgIpc) is 2.64. The largest absolute Gasteiger partial charge is 0.286 e. The maximum atomic E-state index is 4.09. The van der Waals surface area contributed by atoms with Gasteiger partial charge >= 0.3 is 0 Å². The quantitative estimate of drug-likeness (QED) is 0.553. The molecule has 0 aromatic heterocycles. The maximum absolute atomic E-state index is 4.09. The monoisotopic (exact) mass is 148 g/mol. The van der Waals surface area contributed by atoms with Crippen molar-refractivity contribution in [2.45, 2.75) is 19.3 Å². The Bertz CT molecular complexity index is 242. The molecule has 1 N–H and O–H groups in total. The zero-order valence-electron chi connectivity index (χ0n) is 6.46. The Morgan fingerprint density at radius 3 is 3.36 bits per heavy atom. The van der Waals surface area contributed by atoms with Crippen LogP contribution in [0.3, 0.4) is 0 Å². The van der Waals surface area contributed by atoms with Crippen molar-refractivity contribution in [2.75, 3.05) is 0 Å². The van der Waals surface area contributed by atoms with E-state index in [0.29, 0.717) is 5.92 Å². The molecule has 1 aliphatic heterocycles. The number of hydrogen-bond donors (Lipinski definition) is 1. The summed E-state index contributed by atoms with van der Waals surface area (Å²) >= 11 is 0. The molecule has 3 unspecified atom stereocenters. The molecule has 0 aromatic carbocycles. The first-order valence-electron chi connectivity index (χ1n) is 4.44. The molecule has 3 aliphatic rings. The van der Waals surface area contributed by atoms with E-state index in [9.17, 15) is 0 Å². The topological polar surface area (TPSA) is 24.4 Å². The number of rotatable bonds is 0. The van der Waals surface area contributed by atoms with E-state index >= 15 is 0 Å². The van der Waals surface area contributed by atoms with Crippen LogP contribution in [0.15, 0.2) is 16.9 Å². The summed E-state index contributed by atoms with van der Waals surface area (Å²) in [6.07, 6.45) is 8.49. The van der Waals surface area contributed by atoms with Crippen LogP contribution in [-0.4, -0.2) is 6.21 Å². The van der Waals surface area contributed by atoms with Crippen molar-refractivity contribution in [3.8, 4) is 0 Å². The van der Waals surface area contributed by atoms with Gasteiger partial charge in [-0.15, -0.1) is 0 Å². The van der Waals surface area contributed by atoms with Gasteiger partial charge < -0.3 is 0 Å². The van der Waals surface area contributed by atoms with Crippen molar-refractivity contribution in [2.24, 2.45) is 22.9 Å². The first-order chi connectivity index (χ1) is 5.45. The van der Waals surface area contributed by atoms with E-state index in [-0.39, 0.29) is 0 Å². The molecule has 0 saturated heterocycles. The molecule has 0 radical (unpaired) electrons. The van der Waals surface area contributed by atoms with E-state index in [2.05, 4.69) is 22.9 Å². The van der Waals surface area contributed by atoms with Gasteiger partial charge in [0.2, 0.25) is 0 Å². The Morgan fingerprint density at radius 1 is 1.45 bits per heavy atom. The summed E-state index contributed by atoms with van der Waals surface area (Å²) in [5.41, 5.74) is 4.57. The predicted molar refractivity (Wildman–Crippen MR) is 44.0 cm³/mol. The molecule has 0 spiro atoms. The highest BCUT2D eigenvalue weighted by atomic mass is 15.3. The maximum Gasteiger partial charge on any atom is 0.0321 e. The lowest BCUT2D eigenvalue weighted by Gasteiger charge is -2.23. The fourth-order valence-corrected chi connectivity index (χ4v) is 2.85. The molecular formula is C9H12N2. The molecule has 3 rings (SSSR count). The first kappa shape index (κ1) is 5.81. The molecule has 2 bridgehead atoms. The van der Waals surface area contributed by atoms with Crippen molar-refractivity contribution < 1.29 is 0 Å². The van der Waals surface area contributed by atoms with Crippen LogP contribution >= 0.6 is 0 Å². The highest BCUT2D eigenvalue weighted by Gasteiger charge is 2.43. The van der Waals surface area contributed by atoms with Gasteiger partial charge in [-0.05, 0) is 36.7 Å². The fourth-order valence-electron chi connectivity index (χ4n) is 2.85. The minimum absolute atomic E-state index is 0.704. The molecule has 3 atom stereocenters. The Labute approximate surface area is 66.4 Å². The molecule has 2 heteroatoms. The third-order valence-electron chi connectivity index (χ3n) is 3.38. The lowest BCUT2D eigenvalue weighted by atomic mass is 9.85. The second-order valence-corrected chi connectivity index (χ2v) is 3.85. The third-order valence-corrected chi connectivity index (χ3v) is 3.38. The summed E-state index contributed by atoms with van der Waals surface area (Å²) < 4.78 is 0. The zero-order chi connectivity index (χ0) is 7.26. The van der Waals surface area contributed by atoms with Gasteiger partial charge in [0.25, 0.3) is 0 Å². The van der Waals surface area contributed by atoms with Crippen molar-refractivity contribution in [3.05, 3.63) is 11.8 Å². The van der Waals surface area contributed by atoms with Crippen molar-refractivity contribution in [1.82, 2.24) is 5.43 Å². The molecule has 2 fully saturated rings.